The fraction of sp³-hybridized carbons (Fsp3) is 0.518. The van der Waals surface area contributed by atoms with Gasteiger partial charge in [-0.3, -0.25) is 24.5 Å². The van der Waals surface area contributed by atoms with Gasteiger partial charge in [-0.15, -0.1) is 0 Å². The number of pyridine rings is 3. The zero-order chi connectivity index (χ0) is 54.7. The Kier molecular flexibility index (Phi) is 25.5. The molecule has 0 atom stereocenters. The number of aromatic amines is 1. The summed E-state index contributed by atoms with van der Waals surface area (Å²) in [5.74, 6) is 2.83. The average Bonchev–Trinajstić information content (AvgIpc) is 3.38. The smallest absolute Gasteiger partial charge is 0.189 e. The van der Waals surface area contributed by atoms with Crippen molar-refractivity contribution in [1.82, 2.24) is 29.7 Å². The summed E-state index contributed by atoms with van der Waals surface area (Å²) in [6.07, 6.45) is 1.68. The molecule has 3 aromatic heterocycles. The third kappa shape index (κ3) is 19.1. The SMILES string of the molecule is CC(C)Cc1cc(=O)c2ccc(OCCN3CCOCC3)c(Cl)c2[nH]1.CC(C)Cc1cc(Cl)c2ccc(OCCN3CCOCC3)c(Cl)c2n1.CC(C)N.Clc1cc(Cl)c2ccc(OCCN3CCOCC3)c(Cl)c2n1. The Labute approximate surface area is 477 Å². The number of morpholine rings is 3. The highest BCUT2D eigenvalue weighted by molar-refractivity contribution is 6.42. The van der Waals surface area contributed by atoms with Crippen LogP contribution in [0.15, 0.2) is 59.4 Å². The van der Waals surface area contributed by atoms with E-state index in [0.717, 1.165) is 134 Å². The molecule has 0 aliphatic carbocycles. The lowest BCUT2D eigenvalue weighted by Crippen LogP contribution is -2.38. The van der Waals surface area contributed by atoms with Gasteiger partial charge in [-0.25, -0.2) is 4.98 Å². The Bertz CT molecular complexity index is 2840. The van der Waals surface area contributed by atoms with E-state index in [1.165, 1.54) is 0 Å². The lowest BCUT2D eigenvalue weighted by atomic mass is 10.1. The Morgan fingerprint density at radius 3 is 1.38 bits per heavy atom. The summed E-state index contributed by atoms with van der Waals surface area (Å²) < 4.78 is 33.6. The van der Waals surface area contributed by atoms with E-state index in [1.807, 2.05) is 44.2 Å². The second kappa shape index (κ2) is 31.4. The molecule has 6 aromatic rings. The molecule has 3 aromatic carbocycles. The van der Waals surface area contributed by atoms with Crippen LogP contribution in [-0.4, -0.2) is 154 Å². The number of nitrogens with one attached hydrogen (secondary N) is 1. The predicted octanol–water partition coefficient (Wildman–Crippen LogP) is 11.8. The molecule has 3 saturated heterocycles. The number of hydrogen-bond acceptors (Lipinski definition) is 13. The Hall–Kier alpha value is -3.45. The first-order chi connectivity index (χ1) is 36.5. The molecule has 0 amide bonds. The number of nitrogens with two attached hydrogens (primary N) is 1. The van der Waals surface area contributed by atoms with Gasteiger partial charge in [0, 0.05) is 92.5 Å². The van der Waals surface area contributed by atoms with Crippen molar-refractivity contribution in [2.24, 2.45) is 17.6 Å². The van der Waals surface area contributed by atoms with Crippen LogP contribution >= 0.6 is 69.6 Å². The Morgan fingerprint density at radius 1 is 0.553 bits per heavy atom. The van der Waals surface area contributed by atoms with Crippen molar-refractivity contribution < 1.29 is 28.4 Å². The second-order valence-corrected chi connectivity index (χ2v) is 22.2. The van der Waals surface area contributed by atoms with E-state index in [2.05, 4.69) is 52.4 Å². The number of ether oxygens (including phenoxy) is 6. The third-order valence-corrected chi connectivity index (χ3v) is 14.1. The molecule has 3 fully saturated rings. The monoisotopic (exact) mass is 1170 g/mol. The molecular weight excluding hydrogens is 1100 g/mol. The van der Waals surface area contributed by atoms with E-state index >= 15 is 0 Å². The molecule has 20 heteroatoms. The lowest BCUT2D eigenvalue weighted by molar-refractivity contribution is 0.0322. The average molecular weight is 1170 g/mol. The number of aromatic nitrogens is 3. The summed E-state index contributed by atoms with van der Waals surface area (Å²) in [6, 6.07) is 16.5. The highest BCUT2D eigenvalue weighted by atomic mass is 35.5. The summed E-state index contributed by atoms with van der Waals surface area (Å²) in [5.41, 5.74) is 8.90. The summed E-state index contributed by atoms with van der Waals surface area (Å²) in [5, 5.41) is 5.18. The van der Waals surface area contributed by atoms with Gasteiger partial charge in [0.1, 0.15) is 57.3 Å². The normalized spacial score (nSPS) is 15.6. The number of H-pyrrole nitrogens is 1. The van der Waals surface area contributed by atoms with Crippen LogP contribution in [0.1, 0.15) is 52.9 Å². The van der Waals surface area contributed by atoms with E-state index in [9.17, 15) is 4.79 Å². The van der Waals surface area contributed by atoms with E-state index in [1.54, 1.807) is 24.3 Å². The first-order valence-corrected chi connectivity index (χ1v) is 28.3. The van der Waals surface area contributed by atoms with E-state index < -0.39 is 0 Å². The molecule has 9 rings (SSSR count). The molecular formula is C56H73Cl6N7O7. The van der Waals surface area contributed by atoms with Gasteiger partial charge in [0.2, 0.25) is 0 Å². The molecule has 0 unspecified atom stereocenters. The first-order valence-electron chi connectivity index (χ1n) is 26.1. The maximum absolute atomic E-state index is 12.3. The molecule has 0 bridgehead atoms. The number of nitrogens with zero attached hydrogens (tertiary/aromatic N) is 5. The van der Waals surface area contributed by atoms with Gasteiger partial charge < -0.3 is 39.1 Å². The van der Waals surface area contributed by atoms with Crippen LogP contribution in [0.3, 0.4) is 0 Å². The maximum Gasteiger partial charge on any atom is 0.189 e. The topological polar surface area (TPSA) is 150 Å². The van der Waals surface area contributed by atoms with Gasteiger partial charge in [-0.1, -0.05) is 111 Å². The summed E-state index contributed by atoms with van der Waals surface area (Å²) in [6.45, 7) is 27.0. The second-order valence-electron chi connectivity index (χ2n) is 19.9. The molecule has 6 heterocycles. The minimum atomic E-state index is -0.00818. The van der Waals surface area contributed by atoms with E-state index in [4.69, 9.17) is 109 Å². The number of rotatable bonds is 16. The van der Waals surface area contributed by atoms with Crippen molar-refractivity contribution in [3.8, 4) is 17.2 Å². The third-order valence-electron chi connectivity index (χ3n) is 12.2. The van der Waals surface area contributed by atoms with E-state index in [-0.39, 0.29) is 5.43 Å². The molecule has 14 nitrogen and oxygen atoms in total. The number of benzene rings is 3. The van der Waals surface area contributed by atoms with Crippen molar-refractivity contribution in [3.63, 3.8) is 0 Å². The van der Waals surface area contributed by atoms with Crippen molar-refractivity contribution in [1.29, 1.82) is 0 Å². The van der Waals surface area contributed by atoms with Crippen LogP contribution in [0, 0.1) is 11.8 Å². The van der Waals surface area contributed by atoms with Crippen molar-refractivity contribution in [2.45, 2.75) is 60.4 Å². The fourth-order valence-corrected chi connectivity index (χ4v) is 10.0. The first kappa shape index (κ1) is 61.8. The maximum atomic E-state index is 12.3. The van der Waals surface area contributed by atoms with Crippen molar-refractivity contribution >= 4 is 102 Å². The highest BCUT2D eigenvalue weighted by Crippen LogP contribution is 2.37. The van der Waals surface area contributed by atoms with Crippen LogP contribution < -0.4 is 25.4 Å². The van der Waals surface area contributed by atoms with E-state index in [0.29, 0.717) is 107 Å². The minimum absolute atomic E-state index is 0.00818. The summed E-state index contributed by atoms with van der Waals surface area (Å²) in [4.78, 5) is 31.5. The summed E-state index contributed by atoms with van der Waals surface area (Å²) in [7, 11) is 0. The molecule has 0 radical (unpaired) electrons. The van der Waals surface area contributed by atoms with Gasteiger partial charge in [-0.2, -0.15) is 0 Å². The molecule has 0 spiro atoms. The summed E-state index contributed by atoms with van der Waals surface area (Å²) >= 11 is 38.0. The van der Waals surface area contributed by atoms with Crippen molar-refractivity contribution in [2.75, 3.05) is 118 Å². The van der Waals surface area contributed by atoms with Crippen molar-refractivity contribution in [3.05, 3.63) is 106 Å². The van der Waals surface area contributed by atoms with Gasteiger partial charge in [0.05, 0.1) is 66.2 Å². The quantitative estimate of drug-likeness (QED) is 0.0886. The highest BCUT2D eigenvalue weighted by Gasteiger charge is 2.18. The molecule has 3 N–H and O–H groups in total. The van der Waals surface area contributed by atoms with Gasteiger partial charge in [0.25, 0.3) is 0 Å². The predicted molar refractivity (Wildman–Crippen MR) is 313 cm³/mol. The molecule has 416 valence electrons. The Morgan fingerprint density at radius 2 is 0.947 bits per heavy atom. The zero-order valence-electron chi connectivity index (χ0n) is 44.5. The van der Waals surface area contributed by atoms with Crippen LogP contribution in [-0.2, 0) is 27.1 Å². The van der Waals surface area contributed by atoms with Gasteiger partial charge in [-0.05, 0) is 79.3 Å². The standard InChI is InChI=1S/C19H24Cl2N2O2.C19H25ClN2O3.C15H15Cl3N2O2.C3H9N/c1-13(2)11-14-12-16(20)15-3-4-17(18(21)19(15)22-14)25-10-7-23-5-8-24-9-6-23;1-13(2)11-14-12-16(23)15-3-4-17(18(20)19(15)21-14)25-10-7-22-5-8-24-9-6-22;16-11-9-13(17)19-15-10(11)1-2-12(14(15)18)22-8-5-20-3-6-21-7-4-20;1-3(2)4/h3-4,12-13H,5-11H2,1-2H3;3-4,12-13H,5-11H2,1-2H3,(H,21,23);1-2,9H,3-8H2;3H,4H2,1-2H3. The van der Waals surface area contributed by atoms with Gasteiger partial charge >= 0.3 is 0 Å². The molecule has 3 aliphatic heterocycles. The molecule has 0 saturated carbocycles. The zero-order valence-corrected chi connectivity index (χ0v) is 49.0. The van der Waals surface area contributed by atoms with Gasteiger partial charge in [0.15, 0.2) is 5.43 Å². The fourth-order valence-electron chi connectivity index (χ4n) is 8.47. The Balaban J connectivity index is 0.000000179. The minimum Gasteiger partial charge on any atom is -0.491 e. The number of fused-ring (bicyclic) bond motifs is 3. The molecule has 76 heavy (non-hydrogen) atoms. The van der Waals surface area contributed by atoms with Crippen LogP contribution in [0.25, 0.3) is 32.7 Å². The van der Waals surface area contributed by atoms with Crippen LogP contribution in [0.5, 0.6) is 17.2 Å². The largest absolute Gasteiger partial charge is 0.491 e. The lowest BCUT2D eigenvalue weighted by Gasteiger charge is -2.26. The van der Waals surface area contributed by atoms with Crippen LogP contribution in [0.2, 0.25) is 30.3 Å². The van der Waals surface area contributed by atoms with Crippen LogP contribution in [0.4, 0.5) is 0 Å². The molecule has 3 aliphatic rings. The number of halogens is 6. The number of hydrogen-bond donors (Lipinski definition) is 2.